The zero-order valence-electron chi connectivity index (χ0n) is 7.41. The van der Waals surface area contributed by atoms with Gasteiger partial charge in [-0.25, -0.2) is 0 Å². The summed E-state index contributed by atoms with van der Waals surface area (Å²) in [4.78, 5) is 10.9. The van der Waals surface area contributed by atoms with Crippen molar-refractivity contribution in [1.82, 2.24) is 0 Å². The normalized spacial score (nSPS) is 8.92. The molecule has 1 aromatic carbocycles. The van der Waals surface area contributed by atoms with Crippen LogP contribution in [-0.4, -0.2) is 5.97 Å². The summed E-state index contributed by atoms with van der Waals surface area (Å²) in [5, 5.41) is 0. The maximum Gasteiger partial charge on any atom is 0.324 e. The van der Waals surface area contributed by atoms with Gasteiger partial charge < -0.3 is 4.74 Å². The lowest BCUT2D eigenvalue weighted by Crippen LogP contribution is -2.03. The molecule has 0 amide bonds. The van der Waals surface area contributed by atoms with E-state index >= 15 is 0 Å². The van der Waals surface area contributed by atoms with E-state index in [1.165, 1.54) is 0 Å². The Balaban J connectivity index is 2.60. The molecule has 13 heavy (non-hydrogen) atoms. The lowest BCUT2D eigenvalue weighted by atomic mass is 10.1. The average molecular weight is 174 g/mol. The van der Waals surface area contributed by atoms with Crippen molar-refractivity contribution in [2.75, 3.05) is 0 Å². The second kappa shape index (κ2) is 4.32. The van der Waals surface area contributed by atoms with Gasteiger partial charge in [0.25, 0.3) is 0 Å². The zero-order valence-corrected chi connectivity index (χ0v) is 7.41. The van der Waals surface area contributed by atoms with E-state index in [0.29, 0.717) is 0 Å². The molecule has 1 aromatic rings. The van der Waals surface area contributed by atoms with Crippen LogP contribution >= 0.6 is 0 Å². The van der Waals surface area contributed by atoms with Gasteiger partial charge in [-0.05, 0) is 12.5 Å². The Kier molecular flexibility index (Phi) is 3.10. The Bertz CT molecular complexity index is 330. The standard InChI is InChI=1S/C11H10O2/c1-3-13-11(12)8-10-6-4-9(2)5-7-10/h1,4-7H,8H2,2H3. The summed E-state index contributed by atoms with van der Waals surface area (Å²) >= 11 is 0. The number of hydrogen-bond acceptors (Lipinski definition) is 2. The molecule has 0 saturated carbocycles. The largest absolute Gasteiger partial charge is 0.372 e. The number of terminal acetylenes is 1. The highest BCUT2D eigenvalue weighted by Crippen LogP contribution is 2.04. The summed E-state index contributed by atoms with van der Waals surface area (Å²) in [5.41, 5.74) is 2.07. The number of rotatable bonds is 2. The third-order valence-electron chi connectivity index (χ3n) is 1.64. The van der Waals surface area contributed by atoms with Gasteiger partial charge >= 0.3 is 5.97 Å². The van der Waals surface area contributed by atoms with Crippen molar-refractivity contribution in [3.05, 3.63) is 35.4 Å². The van der Waals surface area contributed by atoms with Crippen molar-refractivity contribution < 1.29 is 9.53 Å². The van der Waals surface area contributed by atoms with E-state index < -0.39 is 5.97 Å². The molecular formula is C11H10O2. The Morgan fingerprint density at radius 1 is 1.46 bits per heavy atom. The zero-order chi connectivity index (χ0) is 9.68. The molecule has 0 spiro atoms. The van der Waals surface area contributed by atoms with E-state index in [9.17, 15) is 4.79 Å². The van der Waals surface area contributed by atoms with Gasteiger partial charge in [-0.2, -0.15) is 0 Å². The number of aryl methyl sites for hydroxylation is 1. The monoisotopic (exact) mass is 174 g/mol. The smallest absolute Gasteiger partial charge is 0.324 e. The van der Waals surface area contributed by atoms with Crippen LogP contribution in [-0.2, 0) is 16.0 Å². The van der Waals surface area contributed by atoms with Gasteiger partial charge in [0.05, 0.1) is 6.42 Å². The topological polar surface area (TPSA) is 26.3 Å². The summed E-state index contributed by atoms with van der Waals surface area (Å²) in [6, 6.07) is 7.65. The van der Waals surface area contributed by atoms with Crippen molar-refractivity contribution in [1.29, 1.82) is 0 Å². The quantitative estimate of drug-likeness (QED) is 0.503. The first-order valence-corrected chi connectivity index (χ1v) is 3.93. The minimum absolute atomic E-state index is 0.227. The Hall–Kier alpha value is -1.75. The number of benzene rings is 1. The predicted octanol–water partition coefficient (Wildman–Crippen LogP) is 1.67. The van der Waals surface area contributed by atoms with E-state index in [0.717, 1.165) is 11.1 Å². The highest BCUT2D eigenvalue weighted by Gasteiger charge is 2.02. The van der Waals surface area contributed by atoms with E-state index in [-0.39, 0.29) is 6.42 Å². The molecule has 0 saturated heterocycles. The predicted molar refractivity (Wildman–Crippen MR) is 49.8 cm³/mol. The van der Waals surface area contributed by atoms with Crippen LogP contribution in [0.5, 0.6) is 0 Å². The SMILES string of the molecule is C#COC(=O)Cc1ccc(C)cc1. The van der Waals surface area contributed by atoms with Crippen LogP contribution in [0.4, 0.5) is 0 Å². The van der Waals surface area contributed by atoms with Gasteiger partial charge in [0.2, 0.25) is 0 Å². The molecular weight excluding hydrogens is 164 g/mol. The van der Waals surface area contributed by atoms with Crippen molar-refractivity contribution in [3.8, 4) is 12.5 Å². The molecule has 2 nitrogen and oxygen atoms in total. The summed E-state index contributed by atoms with van der Waals surface area (Å²) < 4.78 is 4.36. The second-order valence-corrected chi connectivity index (χ2v) is 2.75. The fourth-order valence-corrected chi connectivity index (χ4v) is 0.974. The molecule has 2 heteroatoms. The van der Waals surface area contributed by atoms with Crippen molar-refractivity contribution in [2.24, 2.45) is 0 Å². The summed E-state index contributed by atoms with van der Waals surface area (Å²) in [6.07, 6.45) is 6.89. The molecule has 0 radical (unpaired) electrons. The highest BCUT2D eigenvalue weighted by molar-refractivity contribution is 5.73. The van der Waals surface area contributed by atoms with Crippen LogP contribution in [0.1, 0.15) is 11.1 Å². The molecule has 0 aromatic heterocycles. The van der Waals surface area contributed by atoms with Crippen LogP contribution in [0.15, 0.2) is 24.3 Å². The lowest BCUT2D eigenvalue weighted by Gasteiger charge is -1.98. The van der Waals surface area contributed by atoms with E-state index in [1.54, 1.807) is 0 Å². The minimum atomic E-state index is -0.397. The molecule has 1 rings (SSSR count). The maximum atomic E-state index is 10.9. The van der Waals surface area contributed by atoms with E-state index in [2.05, 4.69) is 4.74 Å². The number of carbonyl (C=O) groups excluding carboxylic acids is 1. The van der Waals surface area contributed by atoms with Gasteiger partial charge in [0, 0.05) is 0 Å². The number of ether oxygens (including phenoxy) is 1. The van der Waals surface area contributed by atoms with Gasteiger partial charge in [0.1, 0.15) is 6.11 Å². The van der Waals surface area contributed by atoms with Crippen LogP contribution in [0.3, 0.4) is 0 Å². The number of hydrogen-bond donors (Lipinski definition) is 0. The molecule has 0 bridgehead atoms. The summed E-state index contributed by atoms with van der Waals surface area (Å²) in [7, 11) is 0. The van der Waals surface area contributed by atoms with Crippen molar-refractivity contribution in [3.63, 3.8) is 0 Å². The average Bonchev–Trinajstić information content (AvgIpc) is 2.09. The van der Waals surface area contributed by atoms with Gasteiger partial charge in [-0.15, -0.1) is 0 Å². The molecule has 0 atom stereocenters. The fraction of sp³-hybridized carbons (Fsp3) is 0.182. The fourth-order valence-electron chi connectivity index (χ4n) is 0.974. The van der Waals surface area contributed by atoms with Gasteiger partial charge in [-0.3, -0.25) is 4.79 Å². The second-order valence-electron chi connectivity index (χ2n) is 2.75. The maximum absolute atomic E-state index is 10.9. The molecule has 0 aliphatic rings. The first-order valence-electron chi connectivity index (χ1n) is 3.93. The first kappa shape index (κ1) is 9.34. The summed E-state index contributed by atoms with van der Waals surface area (Å²) in [6.45, 7) is 1.99. The third-order valence-corrected chi connectivity index (χ3v) is 1.64. The Labute approximate surface area is 77.5 Å². The highest BCUT2D eigenvalue weighted by atomic mass is 16.5. The van der Waals surface area contributed by atoms with Crippen LogP contribution in [0.25, 0.3) is 0 Å². The summed E-state index contributed by atoms with van der Waals surface area (Å²) in [5.74, 6) is -0.397. The number of esters is 1. The van der Waals surface area contributed by atoms with Crippen LogP contribution in [0.2, 0.25) is 0 Å². The first-order chi connectivity index (χ1) is 6.22. The van der Waals surface area contributed by atoms with Gasteiger partial charge in [0.15, 0.2) is 0 Å². The molecule has 0 fully saturated rings. The van der Waals surface area contributed by atoms with Crippen LogP contribution in [0, 0.1) is 19.5 Å². The lowest BCUT2D eigenvalue weighted by molar-refractivity contribution is -0.136. The molecule has 66 valence electrons. The molecule has 0 heterocycles. The third kappa shape index (κ3) is 3.00. The van der Waals surface area contributed by atoms with E-state index in [4.69, 9.17) is 6.42 Å². The minimum Gasteiger partial charge on any atom is -0.372 e. The van der Waals surface area contributed by atoms with Crippen LogP contribution < -0.4 is 0 Å². The molecule has 0 aliphatic carbocycles. The van der Waals surface area contributed by atoms with Gasteiger partial charge in [-0.1, -0.05) is 36.3 Å². The Morgan fingerprint density at radius 2 is 2.08 bits per heavy atom. The van der Waals surface area contributed by atoms with E-state index in [1.807, 2.05) is 37.3 Å². The number of carbonyl (C=O) groups is 1. The molecule has 0 unspecified atom stereocenters. The molecule has 0 N–H and O–H groups in total. The van der Waals surface area contributed by atoms with Crippen molar-refractivity contribution in [2.45, 2.75) is 13.3 Å². The molecule has 0 aliphatic heterocycles. The Morgan fingerprint density at radius 3 is 2.62 bits per heavy atom. The van der Waals surface area contributed by atoms with Crippen molar-refractivity contribution >= 4 is 5.97 Å².